The molecule has 0 amide bonds. The quantitative estimate of drug-likeness (QED) is 0.161. The lowest BCUT2D eigenvalue weighted by Crippen LogP contribution is -2.31. The first-order chi connectivity index (χ1) is 24.2. The number of carboxylic acids is 1. The maximum Gasteiger partial charge on any atom is 0.335 e. The van der Waals surface area contributed by atoms with E-state index in [4.69, 9.17) is 14.2 Å². The summed E-state index contributed by atoms with van der Waals surface area (Å²) >= 11 is 1.26. The highest BCUT2D eigenvalue weighted by Gasteiger charge is 2.24. The predicted molar refractivity (Wildman–Crippen MR) is 177 cm³/mol. The lowest BCUT2D eigenvalue weighted by molar-refractivity contribution is -0.0589. The third-order valence-electron chi connectivity index (χ3n) is 8.00. The number of thiazole rings is 1. The Hall–Kier alpha value is -5.78. The minimum absolute atomic E-state index is 0.0119. The molecule has 2 aromatic carbocycles. The number of hydrogen-bond acceptors (Lipinski definition) is 9. The minimum Gasteiger partial charge on any atom is -0.478 e. The average molecular weight is 698 g/mol. The number of imidazole rings is 1. The number of aromatic carboxylic acids is 1. The number of ether oxygens (including phenoxy) is 3. The molecule has 1 aliphatic heterocycles. The van der Waals surface area contributed by atoms with Crippen LogP contribution in [0, 0.1) is 29.3 Å². The second kappa shape index (κ2) is 14.0. The Bertz CT molecular complexity index is 2310. The standard InChI is InChI=1S/C36H26F3N5O5S/c1-47-36-41-17-24(50-36)7-5-20-11-28(39)31(40-16-20)19-49-34-4-2-3-29(43-34)25-15-26(37)22(12-27(25)38)14-33-42-30-8-6-21(35(45)46)13-32(30)44(33)18-23-9-10-48-23/h2-4,6,8,11-13,15-17,23H,9-10,14,18-19H2,1H3,(H,45,46). The van der Waals surface area contributed by atoms with Gasteiger partial charge < -0.3 is 23.9 Å². The second-order valence-electron chi connectivity index (χ2n) is 11.3. The van der Waals surface area contributed by atoms with Crippen molar-refractivity contribution in [3.05, 3.63) is 118 Å². The van der Waals surface area contributed by atoms with Gasteiger partial charge in [-0.25, -0.2) is 32.9 Å². The van der Waals surface area contributed by atoms with Gasteiger partial charge in [-0.3, -0.25) is 4.98 Å². The summed E-state index contributed by atoms with van der Waals surface area (Å²) in [4.78, 5) is 29.3. The van der Waals surface area contributed by atoms with Crippen molar-refractivity contribution in [3.63, 3.8) is 0 Å². The highest BCUT2D eigenvalue weighted by molar-refractivity contribution is 7.13. The van der Waals surface area contributed by atoms with Gasteiger partial charge in [-0.05, 0) is 60.4 Å². The van der Waals surface area contributed by atoms with Crippen molar-refractivity contribution in [2.24, 2.45) is 0 Å². The molecule has 5 heterocycles. The van der Waals surface area contributed by atoms with E-state index in [0.29, 0.717) is 45.6 Å². The highest BCUT2D eigenvalue weighted by Crippen LogP contribution is 2.29. The smallest absolute Gasteiger partial charge is 0.335 e. The van der Waals surface area contributed by atoms with E-state index in [0.717, 1.165) is 18.6 Å². The molecule has 252 valence electrons. The van der Waals surface area contributed by atoms with Gasteiger partial charge in [0, 0.05) is 36.4 Å². The molecule has 0 spiro atoms. The van der Waals surface area contributed by atoms with Gasteiger partial charge in [0.05, 0.1) is 48.2 Å². The van der Waals surface area contributed by atoms with Crippen molar-refractivity contribution in [3.8, 4) is 34.2 Å². The molecule has 7 rings (SSSR count). The van der Waals surface area contributed by atoms with Gasteiger partial charge in [0.25, 0.3) is 5.19 Å². The van der Waals surface area contributed by atoms with Crippen molar-refractivity contribution in [2.45, 2.75) is 32.1 Å². The summed E-state index contributed by atoms with van der Waals surface area (Å²) in [6, 6.07) is 12.6. The molecule has 50 heavy (non-hydrogen) atoms. The fourth-order valence-corrected chi connectivity index (χ4v) is 5.92. The SMILES string of the molecule is COc1ncc(C#Cc2cnc(COc3cccc(-c4cc(F)c(Cc5nc6ccc(C(=O)O)cc6n5CC5CCO5)cc4F)n3)c(F)c2)s1. The van der Waals surface area contributed by atoms with Crippen molar-refractivity contribution < 1.29 is 37.3 Å². The maximum absolute atomic E-state index is 15.6. The topological polar surface area (TPSA) is 121 Å². The zero-order chi connectivity index (χ0) is 34.8. The summed E-state index contributed by atoms with van der Waals surface area (Å²) in [7, 11) is 1.51. The molecule has 1 atom stereocenters. The van der Waals surface area contributed by atoms with Crippen LogP contribution in [0.4, 0.5) is 13.2 Å². The molecule has 0 saturated carbocycles. The number of rotatable bonds is 10. The molecule has 1 fully saturated rings. The Morgan fingerprint density at radius 2 is 1.90 bits per heavy atom. The molecule has 1 saturated heterocycles. The van der Waals surface area contributed by atoms with Crippen LogP contribution in [0.25, 0.3) is 22.3 Å². The van der Waals surface area contributed by atoms with E-state index >= 15 is 8.78 Å². The van der Waals surface area contributed by atoms with E-state index in [1.807, 2.05) is 0 Å². The van der Waals surface area contributed by atoms with E-state index in [2.05, 4.69) is 31.8 Å². The number of methoxy groups -OCH3 is 1. The Morgan fingerprint density at radius 3 is 2.64 bits per heavy atom. The Morgan fingerprint density at radius 1 is 1.04 bits per heavy atom. The van der Waals surface area contributed by atoms with Crippen LogP contribution in [0.3, 0.4) is 0 Å². The summed E-state index contributed by atoms with van der Waals surface area (Å²) < 4.78 is 64.0. The van der Waals surface area contributed by atoms with Gasteiger partial charge in [-0.1, -0.05) is 23.3 Å². The lowest BCUT2D eigenvalue weighted by atomic mass is 10.0. The molecule has 10 nitrogen and oxygen atoms in total. The van der Waals surface area contributed by atoms with Crippen LogP contribution in [0.15, 0.2) is 67.0 Å². The minimum atomic E-state index is -1.08. The summed E-state index contributed by atoms with van der Waals surface area (Å²) in [5, 5.41) is 9.96. The van der Waals surface area contributed by atoms with Crippen LogP contribution in [-0.4, -0.2) is 55.4 Å². The number of halogens is 3. The molecule has 0 aliphatic carbocycles. The maximum atomic E-state index is 15.6. The molecule has 1 unspecified atom stereocenters. The molecule has 6 aromatic rings. The number of nitrogens with zero attached hydrogens (tertiary/aromatic N) is 5. The Balaban J connectivity index is 1.07. The van der Waals surface area contributed by atoms with Gasteiger partial charge in [-0.2, -0.15) is 0 Å². The number of aromatic nitrogens is 5. The normalized spacial score (nSPS) is 13.8. The second-order valence-corrected chi connectivity index (χ2v) is 12.3. The van der Waals surface area contributed by atoms with Crippen LogP contribution in [-0.2, 0) is 24.3 Å². The molecule has 14 heteroatoms. The monoisotopic (exact) mass is 697 g/mol. The molecule has 1 aliphatic rings. The third kappa shape index (κ3) is 7.00. The largest absolute Gasteiger partial charge is 0.478 e. The fourth-order valence-electron chi connectivity index (χ4n) is 5.34. The first-order valence-electron chi connectivity index (χ1n) is 15.3. The first kappa shape index (κ1) is 32.8. The van der Waals surface area contributed by atoms with Crippen LogP contribution in [0.5, 0.6) is 11.1 Å². The fraction of sp³-hybridized carbons (Fsp3) is 0.194. The molecular formula is C36H26F3N5O5S. The molecule has 4 aromatic heterocycles. The van der Waals surface area contributed by atoms with E-state index in [1.54, 1.807) is 22.9 Å². The zero-order valence-electron chi connectivity index (χ0n) is 26.3. The molecule has 0 bridgehead atoms. The van der Waals surface area contributed by atoms with Gasteiger partial charge in [0.2, 0.25) is 5.88 Å². The van der Waals surface area contributed by atoms with Crippen LogP contribution in [0.2, 0.25) is 0 Å². The number of carbonyl (C=O) groups is 1. The lowest BCUT2D eigenvalue weighted by Gasteiger charge is -2.27. The van der Waals surface area contributed by atoms with E-state index in [1.165, 1.54) is 55.0 Å². The number of hydrogen-bond donors (Lipinski definition) is 1. The first-order valence-corrected chi connectivity index (χ1v) is 16.1. The van der Waals surface area contributed by atoms with Crippen LogP contribution in [0.1, 0.15) is 44.3 Å². The Labute approximate surface area is 287 Å². The van der Waals surface area contributed by atoms with Gasteiger partial charge in [0.15, 0.2) is 0 Å². The summed E-state index contributed by atoms with van der Waals surface area (Å²) in [5.41, 5.74) is 1.65. The van der Waals surface area contributed by atoms with E-state index < -0.39 is 23.4 Å². The number of benzene rings is 2. The molecule has 0 radical (unpaired) electrons. The van der Waals surface area contributed by atoms with Gasteiger partial charge in [0.1, 0.15) is 40.5 Å². The van der Waals surface area contributed by atoms with Crippen molar-refractivity contribution >= 4 is 28.3 Å². The number of fused-ring (bicyclic) bond motifs is 1. The summed E-state index contributed by atoms with van der Waals surface area (Å²) in [6.07, 6.45) is 3.66. The summed E-state index contributed by atoms with van der Waals surface area (Å²) in [6.45, 7) is 0.755. The van der Waals surface area contributed by atoms with E-state index in [-0.39, 0.29) is 53.1 Å². The average Bonchev–Trinajstić information content (AvgIpc) is 3.70. The van der Waals surface area contributed by atoms with Gasteiger partial charge >= 0.3 is 5.97 Å². The molecule has 1 N–H and O–H groups in total. The van der Waals surface area contributed by atoms with Crippen LogP contribution >= 0.6 is 11.3 Å². The number of pyridine rings is 2. The molecular weight excluding hydrogens is 671 g/mol. The Kier molecular flexibility index (Phi) is 9.16. The summed E-state index contributed by atoms with van der Waals surface area (Å²) in [5.74, 6) is 3.11. The number of carboxylic acid groups (broad SMARTS) is 1. The zero-order valence-corrected chi connectivity index (χ0v) is 27.1. The van der Waals surface area contributed by atoms with E-state index in [9.17, 15) is 14.3 Å². The van der Waals surface area contributed by atoms with Crippen molar-refractivity contribution in [1.82, 2.24) is 24.5 Å². The van der Waals surface area contributed by atoms with Gasteiger partial charge in [-0.15, -0.1) is 0 Å². The third-order valence-corrected chi connectivity index (χ3v) is 8.88. The van der Waals surface area contributed by atoms with Crippen LogP contribution < -0.4 is 9.47 Å². The van der Waals surface area contributed by atoms with Crippen molar-refractivity contribution in [1.29, 1.82) is 0 Å². The predicted octanol–water partition coefficient (Wildman–Crippen LogP) is 6.43. The highest BCUT2D eigenvalue weighted by atomic mass is 32.1. The van der Waals surface area contributed by atoms with Crippen molar-refractivity contribution in [2.75, 3.05) is 13.7 Å².